The average molecular weight is 588 g/mol. The minimum absolute atomic E-state index is 0. The highest BCUT2D eigenvalue weighted by molar-refractivity contribution is 5.92. The second-order valence-corrected chi connectivity index (χ2v) is 13.1. The number of rotatable bonds is 5. The molecule has 4 rings (SSSR count). The van der Waals surface area contributed by atoms with Gasteiger partial charge in [-0.2, -0.15) is 0 Å². The van der Waals surface area contributed by atoms with Crippen molar-refractivity contribution < 1.29 is 43.5 Å². The van der Waals surface area contributed by atoms with E-state index in [2.05, 4.69) is 6.58 Å². The Hall–Kier alpha value is -1.56. The number of esters is 2. The Morgan fingerprint density at radius 1 is 1.15 bits per heavy atom. The van der Waals surface area contributed by atoms with Crippen molar-refractivity contribution in [3.05, 3.63) is 12.7 Å². The number of aliphatic hydroxyl groups excluding tert-OH is 1. The molecule has 0 bridgehead atoms. The molecule has 2 saturated heterocycles. The number of Topliss-reactive ketones (excluding diaryl/α,β-unsaturated/α-hetero) is 1. The zero-order valence-corrected chi connectivity index (χ0v) is 25.5. The Labute approximate surface area is 243 Å². The Morgan fingerprint density at radius 2 is 1.75 bits per heavy atom. The summed E-state index contributed by atoms with van der Waals surface area (Å²) in [6, 6.07) is -0.615. The molecule has 4 fully saturated rings. The maximum absolute atomic E-state index is 14.1. The summed E-state index contributed by atoms with van der Waals surface area (Å²) in [4.78, 5) is 42.3. The molecule has 0 radical (unpaired) electrons. The number of aliphatic hydroxyl groups is 2. The lowest BCUT2D eigenvalue weighted by molar-refractivity contribution is -0.371. The molecule has 0 aromatic carbocycles. The monoisotopic (exact) mass is 587 g/mol. The number of hydrogen-bond donors (Lipinski definition) is 2. The summed E-state index contributed by atoms with van der Waals surface area (Å²) in [7, 11) is 0. The molecule has 9 atom stereocenters. The van der Waals surface area contributed by atoms with Crippen LogP contribution in [0.2, 0.25) is 0 Å². The predicted molar refractivity (Wildman–Crippen MR) is 148 cm³/mol. The van der Waals surface area contributed by atoms with Gasteiger partial charge in [0.05, 0.1) is 24.9 Å². The fraction of sp³-hybridized carbons (Fsp3) is 0.828. The van der Waals surface area contributed by atoms with Crippen molar-refractivity contribution in [3.8, 4) is 0 Å². The van der Waals surface area contributed by atoms with Gasteiger partial charge in [-0.3, -0.25) is 19.3 Å². The summed E-state index contributed by atoms with van der Waals surface area (Å²) in [5, 5.41) is 24.2. The molecule has 2 aliphatic carbocycles. The first kappa shape index (κ1) is 32.9. The van der Waals surface area contributed by atoms with E-state index in [0.29, 0.717) is 39.1 Å². The molecule has 0 amide bonds. The molecule has 2 heterocycles. The number of fused-ring (bicyclic) bond motifs is 3. The second-order valence-electron chi connectivity index (χ2n) is 13.1. The molecule has 0 aromatic rings. The molecule has 40 heavy (non-hydrogen) atoms. The number of ether oxygens (including phenoxy) is 4. The Kier molecular flexibility index (Phi) is 9.00. The maximum atomic E-state index is 14.1. The van der Waals surface area contributed by atoms with E-state index >= 15 is 0 Å². The summed E-state index contributed by atoms with van der Waals surface area (Å²) in [6.07, 6.45) is -1.40. The third-order valence-corrected chi connectivity index (χ3v) is 10.2. The molecule has 2 N–H and O–H groups in total. The van der Waals surface area contributed by atoms with Crippen molar-refractivity contribution in [2.75, 3.05) is 26.3 Å². The van der Waals surface area contributed by atoms with Gasteiger partial charge < -0.3 is 29.2 Å². The second kappa shape index (κ2) is 10.9. The molecule has 10 nitrogen and oxygen atoms in total. The van der Waals surface area contributed by atoms with Crippen LogP contribution in [0.4, 0.5) is 0 Å². The van der Waals surface area contributed by atoms with E-state index in [1.165, 1.54) is 19.9 Å². The summed E-state index contributed by atoms with van der Waals surface area (Å²) >= 11 is 0. The number of carbonyl (C=O) groups excluding carboxylic acids is 3. The number of nitrogens with zero attached hydrogens (tertiary/aromatic N) is 1. The lowest BCUT2D eigenvalue weighted by Gasteiger charge is -2.71. The lowest BCUT2D eigenvalue weighted by Crippen LogP contribution is -2.87. The number of ketones is 1. The van der Waals surface area contributed by atoms with Gasteiger partial charge in [0, 0.05) is 37.8 Å². The van der Waals surface area contributed by atoms with Gasteiger partial charge >= 0.3 is 11.9 Å². The Balaban J connectivity index is 0.00000441. The zero-order valence-electron chi connectivity index (χ0n) is 24.7. The van der Waals surface area contributed by atoms with E-state index < -0.39 is 75.6 Å². The quantitative estimate of drug-likeness (QED) is 0.364. The van der Waals surface area contributed by atoms with Crippen LogP contribution in [-0.2, 0) is 33.3 Å². The topological polar surface area (TPSA) is 132 Å². The summed E-state index contributed by atoms with van der Waals surface area (Å²) in [5.41, 5.74) is -7.43. The van der Waals surface area contributed by atoms with Crippen LogP contribution in [0.1, 0.15) is 67.7 Å². The van der Waals surface area contributed by atoms with Gasteiger partial charge in [0.15, 0.2) is 17.5 Å². The Morgan fingerprint density at radius 3 is 2.30 bits per heavy atom. The van der Waals surface area contributed by atoms with Crippen LogP contribution in [0, 0.1) is 16.7 Å². The third kappa shape index (κ3) is 4.72. The summed E-state index contributed by atoms with van der Waals surface area (Å²) < 4.78 is 24.1. The third-order valence-electron chi connectivity index (χ3n) is 10.2. The van der Waals surface area contributed by atoms with Crippen molar-refractivity contribution in [2.24, 2.45) is 16.7 Å². The van der Waals surface area contributed by atoms with Crippen LogP contribution in [0.5, 0.6) is 0 Å². The summed E-state index contributed by atoms with van der Waals surface area (Å²) in [5.74, 6) is -2.49. The van der Waals surface area contributed by atoms with Crippen molar-refractivity contribution >= 4 is 30.1 Å². The van der Waals surface area contributed by atoms with Crippen LogP contribution in [0.25, 0.3) is 0 Å². The zero-order chi connectivity index (χ0) is 29.2. The van der Waals surface area contributed by atoms with Gasteiger partial charge in [0.25, 0.3) is 0 Å². The van der Waals surface area contributed by atoms with Gasteiger partial charge in [0.1, 0.15) is 17.7 Å². The van der Waals surface area contributed by atoms with Gasteiger partial charge in [-0.25, -0.2) is 0 Å². The smallest absolute Gasteiger partial charge is 0.323 e. The molecule has 0 spiro atoms. The maximum Gasteiger partial charge on any atom is 0.323 e. The molecule has 4 aliphatic rings. The first-order valence-electron chi connectivity index (χ1n) is 14.0. The molecule has 1 unspecified atom stereocenters. The highest BCUT2D eigenvalue weighted by atomic mass is 35.5. The minimum Gasteiger partial charge on any atom is -0.457 e. The largest absolute Gasteiger partial charge is 0.457 e. The molecule has 228 valence electrons. The van der Waals surface area contributed by atoms with E-state index in [4.69, 9.17) is 18.9 Å². The number of halogens is 1. The first-order valence-corrected chi connectivity index (χ1v) is 14.0. The van der Waals surface area contributed by atoms with Gasteiger partial charge in [-0.05, 0) is 39.0 Å². The van der Waals surface area contributed by atoms with E-state index in [1.54, 1.807) is 20.8 Å². The molecule has 11 heteroatoms. The van der Waals surface area contributed by atoms with Crippen molar-refractivity contribution in [1.82, 2.24) is 4.90 Å². The number of carbonyl (C=O) groups is 3. The standard InChI is InChI=1S/C29H45NO9.ClH/c1-9-26(6)16-20(33)29(35)27(7)19(32)10-11-25(4,5)22(27)21(23(37-18(3)31)28(29,8)39-26)38-24(34)17(2)30-12-14-36-15-13-30;/h9,17,19,21-23,32,35H,1,10-16H2,2-8H3;1H/t17?,19-,21-,22-,23-,26-,27-,28+,29-;/m0./s1. The number of morpholine rings is 1. The SMILES string of the molecule is C=C[C@@]1(C)CC(=O)[C@]2(O)[C@@]3(C)[C@@H](O)CCC(C)(C)[C@@H]3[C@H](OC(=O)C(C)N3CCOCC3)[C@H](OC(C)=O)[C@@]2(C)O1.Cl. The fourth-order valence-corrected chi connectivity index (χ4v) is 8.09. The van der Waals surface area contributed by atoms with Gasteiger partial charge in [-0.1, -0.05) is 26.8 Å². The van der Waals surface area contributed by atoms with Crippen molar-refractivity contribution in [2.45, 2.75) is 109 Å². The predicted octanol–water partition coefficient (Wildman–Crippen LogP) is 2.21. The fourth-order valence-electron chi connectivity index (χ4n) is 8.09. The molecule has 2 saturated carbocycles. The highest BCUT2D eigenvalue weighted by Gasteiger charge is 2.82. The normalized spacial score (nSPS) is 43.8. The van der Waals surface area contributed by atoms with E-state index in [0.717, 1.165) is 0 Å². The number of hydrogen-bond acceptors (Lipinski definition) is 10. The van der Waals surface area contributed by atoms with E-state index in [1.807, 2.05) is 18.7 Å². The minimum atomic E-state index is -2.26. The summed E-state index contributed by atoms with van der Waals surface area (Å²) in [6.45, 7) is 17.7. The molecular formula is C29H46ClNO9. The van der Waals surface area contributed by atoms with Crippen molar-refractivity contribution in [1.29, 1.82) is 0 Å². The van der Waals surface area contributed by atoms with Crippen LogP contribution in [0.3, 0.4) is 0 Å². The first-order chi connectivity index (χ1) is 18.0. The molecule has 0 aromatic heterocycles. The van der Waals surface area contributed by atoms with Crippen LogP contribution < -0.4 is 0 Å². The molecule has 2 aliphatic heterocycles. The van der Waals surface area contributed by atoms with Crippen LogP contribution in [0.15, 0.2) is 12.7 Å². The van der Waals surface area contributed by atoms with E-state index in [-0.39, 0.29) is 18.8 Å². The van der Waals surface area contributed by atoms with Crippen molar-refractivity contribution in [3.63, 3.8) is 0 Å². The van der Waals surface area contributed by atoms with Gasteiger partial charge in [0.2, 0.25) is 0 Å². The van der Waals surface area contributed by atoms with Gasteiger partial charge in [-0.15, -0.1) is 19.0 Å². The average Bonchev–Trinajstić information content (AvgIpc) is 2.86. The van der Waals surface area contributed by atoms with Crippen LogP contribution in [-0.4, -0.2) is 100 Å². The lowest BCUT2D eigenvalue weighted by atomic mass is 9.39. The Bertz CT molecular complexity index is 1030. The van der Waals surface area contributed by atoms with Crippen LogP contribution >= 0.6 is 12.4 Å². The molecular weight excluding hydrogens is 542 g/mol. The van der Waals surface area contributed by atoms with E-state index in [9.17, 15) is 24.6 Å². The highest BCUT2D eigenvalue weighted by Crippen LogP contribution is 2.67.